The lowest BCUT2D eigenvalue weighted by Crippen LogP contribution is -2.06. The average molecular weight is 179 g/mol. The Morgan fingerprint density at radius 3 is 2.38 bits per heavy atom. The summed E-state index contributed by atoms with van der Waals surface area (Å²) in [6.45, 7) is 1.32. The molecular formula is C9H9NO3. The Bertz CT molecular complexity index is 371. The number of anilines is 1. The second-order valence-corrected chi connectivity index (χ2v) is 2.67. The Morgan fingerprint density at radius 2 is 1.92 bits per heavy atom. The van der Waals surface area contributed by atoms with Crippen LogP contribution >= 0.6 is 0 Å². The number of rotatable bonds is 2. The summed E-state index contributed by atoms with van der Waals surface area (Å²) in [6.07, 6.45) is 0. The van der Waals surface area contributed by atoms with Crippen LogP contribution in [0.3, 0.4) is 0 Å². The van der Waals surface area contributed by atoms with Gasteiger partial charge >= 0.3 is 5.97 Å². The van der Waals surface area contributed by atoms with E-state index in [-0.39, 0.29) is 16.9 Å². The van der Waals surface area contributed by atoms with Gasteiger partial charge in [0.25, 0.3) is 0 Å². The number of carboxylic acid groups (broad SMARTS) is 1. The van der Waals surface area contributed by atoms with E-state index >= 15 is 0 Å². The van der Waals surface area contributed by atoms with Crippen molar-refractivity contribution < 1.29 is 14.7 Å². The van der Waals surface area contributed by atoms with Gasteiger partial charge in [-0.2, -0.15) is 0 Å². The molecule has 0 aromatic heterocycles. The van der Waals surface area contributed by atoms with Gasteiger partial charge in [0.05, 0.1) is 5.56 Å². The smallest absolute Gasteiger partial charge is 0.336 e. The predicted octanol–water partition coefficient (Wildman–Crippen LogP) is 1.17. The van der Waals surface area contributed by atoms with Crippen LogP contribution in [0.1, 0.15) is 27.6 Å². The van der Waals surface area contributed by atoms with Crippen molar-refractivity contribution in [2.45, 2.75) is 6.92 Å². The molecule has 4 nitrogen and oxygen atoms in total. The summed E-state index contributed by atoms with van der Waals surface area (Å²) in [7, 11) is 0. The van der Waals surface area contributed by atoms with E-state index in [1.807, 2.05) is 0 Å². The van der Waals surface area contributed by atoms with Gasteiger partial charge in [-0.05, 0) is 25.1 Å². The van der Waals surface area contributed by atoms with Crippen molar-refractivity contribution in [2.24, 2.45) is 0 Å². The summed E-state index contributed by atoms with van der Waals surface area (Å²) in [6, 6.07) is 4.20. The third kappa shape index (κ3) is 1.84. The van der Waals surface area contributed by atoms with Crippen molar-refractivity contribution in [1.29, 1.82) is 0 Å². The number of nitrogen functional groups attached to an aromatic ring is 1. The second-order valence-electron chi connectivity index (χ2n) is 2.67. The molecule has 0 spiro atoms. The van der Waals surface area contributed by atoms with Gasteiger partial charge in [0, 0.05) is 11.3 Å². The minimum atomic E-state index is -1.14. The molecule has 0 heterocycles. The van der Waals surface area contributed by atoms with Crippen LogP contribution in [0.4, 0.5) is 5.69 Å². The topological polar surface area (TPSA) is 80.4 Å². The summed E-state index contributed by atoms with van der Waals surface area (Å²) < 4.78 is 0. The molecule has 0 radical (unpaired) electrons. The molecule has 1 rings (SSSR count). The van der Waals surface area contributed by atoms with Crippen molar-refractivity contribution in [3.8, 4) is 0 Å². The van der Waals surface area contributed by atoms with Crippen LogP contribution in [-0.2, 0) is 0 Å². The number of hydrogen-bond donors (Lipinski definition) is 2. The van der Waals surface area contributed by atoms with Gasteiger partial charge in [-0.1, -0.05) is 0 Å². The number of carbonyl (C=O) groups excluding carboxylic acids is 1. The first-order chi connectivity index (χ1) is 6.02. The Kier molecular flexibility index (Phi) is 2.32. The molecule has 0 atom stereocenters. The number of benzene rings is 1. The van der Waals surface area contributed by atoms with Crippen LogP contribution in [0.25, 0.3) is 0 Å². The first-order valence-corrected chi connectivity index (χ1v) is 3.66. The van der Waals surface area contributed by atoms with Crippen LogP contribution in [0.2, 0.25) is 0 Å². The lowest BCUT2D eigenvalue weighted by atomic mass is 10.0. The zero-order valence-corrected chi connectivity index (χ0v) is 7.07. The number of Topliss-reactive ketones (excluding diaryl/α,β-unsaturated/α-hetero) is 1. The van der Waals surface area contributed by atoms with Crippen LogP contribution in [0, 0.1) is 0 Å². The molecule has 1 aromatic rings. The van der Waals surface area contributed by atoms with Crippen LogP contribution < -0.4 is 5.73 Å². The quantitative estimate of drug-likeness (QED) is 0.527. The predicted molar refractivity (Wildman–Crippen MR) is 47.8 cm³/mol. The molecule has 1 aromatic carbocycles. The van der Waals surface area contributed by atoms with E-state index in [0.29, 0.717) is 5.69 Å². The number of nitrogens with two attached hydrogens (primary N) is 1. The van der Waals surface area contributed by atoms with Gasteiger partial charge in [0.15, 0.2) is 5.78 Å². The molecule has 0 saturated carbocycles. The lowest BCUT2D eigenvalue weighted by molar-refractivity contribution is 0.0692. The fourth-order valence-corrected chi connectivity index (χ4v) is 1.05. The molecule has 68 valence electrons. The van der Waals surface area contributed by atoms with E-state index < -0.39 is 5.97 Å². The van der Waals surface area contributed by atoms with Gasteiger partial charge in [0.2, 0.25) is 0 Å². The van der Waals surface area contributed by atoms with E-state index in [9.17, 15) is 9.59 Å². The van der Waals surface area contributed by atoms with E-state index in [4.69, 9.17) is 10.8 Å². The third-order valence-corrected chi connectivity index (χ3v) is 1.65. The Labute approximate surface area is 75.0 Å². The number of hydrogen-bond acceptors (Lipinski definition) is 3. The number of ketones is 1. The monoisotopic (exact) mass is 179 g/mol. The SMILES string of the molecule is CC(=O)c1ccc(N)cc1C(=O)O. The van der Waals surface area contributed by atoms with Gasteiger partial charge < -0.3 is 10.8 Å². The lowest BCUT2D eigenvalue weighted by Gasteiger charge is -2.02. The Balaban J connectivity index is 3.35. The minimum absolute atomic E-state index is 0.0486. The average Bonchev–Trinajstić information content (AvgIpc) is 2.03. The van der Waals surface area contributed by atoms with E-state index in [0.717, 1.165) is 0 Å². The molecule has 0 unspecified atom stereocenters. The fourth-order valence-electron chi connectivity index (χ4n) is 1.05. The van der Waals surface area contributed by atoms with Gasteiger partial charge in [0.1, 0.15) is 0 Å². The first-order valence-electron chi connectivity index (χ1n) is 3.66. The maximum atomic E-state index is 11.0. The Morgan fingerprint density at radius 1 is 1.31 bits per heavy atom. The van der Waals surface area contributed by atoms with Crippen molar-refractivity contribution in [1.82, 2.24) is 0 Å². The maximum absolute atomic E-state index is 11.0. The van der Waals surface area contributed by atoms with Crippen LogP contribution in [0.5, 0.6) is 0 Å². The third-order valence-electron chi connectivity index (χ3n) is 1.65. The zero-order chi connectivity index (χ0) is 10.0. The fraction of sp³-hybridized carbons (Fsp3) is 0.111. The number of aromatic carboxylic acids is 1. The molecular weight excluding hydrogens is 170 g/mol. The van der Waals surface area contributed by atoms with Crippen molar-refractivity contribution in [2.75, 3.05) is 5.73 Å². The molecule has 0 amide bonds. The molecule has 13 heavy (non-hydrogen) atoms. The normalized spacial score (nSPS) is 9.62. The molecule has 0 aliphatic carbocycles. The van der Waals surface area contributed by atoms with E-state index in [1.54, 1.807) is 0 Å². The standard InChI is InChI=1S/C9H9NO3/c1-5(11)7-3-2-6(10)4-8(7)9(12)13/h2-4H,10H2,1H3,(H,12,13). The first kappa shape index (κ1) is 9.25. The molecule has 4 heteroatoms. The van der Waals surface area contributed by atoms with Crippen LogP contribution in [0.15, 0.2) is 18.2 Å². The molecule has 0 fully saturated rings. The van der Waals surface area contributed by atoms with Gasteiger partial charge in [-0.25, -0.2) is 4.79 Å². The minimum Gasteiger partial charge on any atom is -0.478 e. The highest BCUT2D eigenvalue weighted by molar-refractivity contribution is 6.05. The maximum Gasteiger partial charge on any atom is 0.336 e. The summed E-state index contributed by atoms with van der Waals surface area (Å²) in [5.74, 6) is -1.42. The molecule has 0 aliphatic rings. The van der Waals surface area contributed by atoms with E-state index in [2.05, 4.69) is 0 Å². The van der Waals surface area contributed by atoms with Gasteiger partial charge in [-0.15, -0.1) is 0 Å². The zero-order valence-electron chi connectivity index (χ0n) is 7.07. The van der Waals surface area contributed by atoms with E-state index in [1.165, 1.54) is 25.1 Å². The highest BCUT2D eigenvalue weighted by atomic mass is 16.4. The van der Waals surface area contributed by atoms with Crippen molar-refractivity contribution in [3.05, 3.63) is 29.3 Å². The highest BCUT2D eigenvalue weighted by Crippen LogP contribution is 2.14. The van der Waals surface area contributed by atoms with Gasteiger partial charge in [-0.3, -0.25) is 4.79 Å². The Hall–Kier alpha value is -1.84. The van der Waals surface area contributed by atoms with Crippen molar-refractivity contribution in [3.63, 3.8) is 0 Å². The largest absolute Gasteiger partial charge is 0.478 e. The van der Waals surface area contributed by atoms with Crippen molar-refractivity contribution >= 4 is 17.4 Å². The summed E-state index contributed by atoms with van der Waals surface area (Å²) in [4.78, 5) is 21.6. The number of carboxylic acids is 1. The molecule has 0 saturated heterocycles. The molecule has 3 N–H and O–H groups in total. The highest BCUT2D eigenvalue weighted by Gasteiger charge is 2.12. The summed E-state index contributed by atoms with van der Waals surface area (Å²) in [5, 5.41) is 8.73. The summed E-state index contributed by atoms with van der Waals surface area (Å²) >= 11 is 0. The number of carbonyl (C=O) groups is 2. The molecule has 0 aliphatic heterocycles. The van der Waals surface area contributed by atoms with Crippen LogP contribution in [-0.4, -0.2) is 16.9 Å². The molecule has 0 bridgehead atoms. The summed E-state index contributed by atoms with van der Waals surface area (Å²) in [5.41, 5.74) is 5.86. The second kappa shape index (κ2) is 3.26.